The van der Waals surface area contributed by atoms with Crippen LogP contribution in [0.1, 0.15) is 62.0 Å². The van der Waals surface area contributed by atoms with Crippen molar-refractivity contribution in [3.63, 3.8) is 0 Å². The fourth-order valence-corrected chi connectivity index (χ4v) is 4.44. The van der Waals surface area contributed by atoms with Crippen LogP contribution in [0.2, 0.25) is 0 Å². The predicted molar refractivity (Wildman–Crippen MR) is 139 cm³/mol. The van der Waals surface area contributed by atoms with Crippen LogP contribution in [0.4, 0.5) is 5.00 Å². The Morgan fingerprint density at radius 3 is 2.29 bits per heavy atom. The van der Waals surface area contributed by atoms with Crippen molar-refractivity contribution in [3.8, 4) is 16.9 Å². The molecule has 0 radical (unpaired) electrons. The van der Waals surface area contributed by atoms with Gasteiger partial charge in [0.1, 0.15) is 16.3 Å². The minimum atomic E-state index is -0.434. The molecule has 0 bridgehead atoms. The van der Waals surface area contributed by atoms with Crippen LogP contribution in [0.5, 0.6) is 5.75 Å². The van der Waals surface area contributed by atoms with Crippen LogP contribution in [0.15, 0.2) is 53.9 Å². The Morgan fingerprint density at radius 1 is 1.00 bits per heavy atom. The molecule has 180 valence electrons. The number of carbonyl (C=O) groups excluding carboxylic acids is 2. The highest BCUT2D eigenvalue weighted by molar-refractivity contribution is 7.15. The van der Waals surface area contributed by atoms with Gasteiger partial charge in [-0.3, -0.25) is 4.79 Å². The van der Waals surface area contributed by atoms with Crippen LogP contribution in [-0.4, -0.2) is 25.1 Å². The van der Waals surface area contributed by atoms with E-state index in [4.69, 9.17) is 9.47 Å². The third kappa shape index (κ3) is 6.70. The summed E-state index contributed by atoms with van der Waals surface area (Å²) in [4.78, 5) is 25.3. The number of hydrogen-bond donors (Lipinski definition) is 1. The zero-order chi connectivity index (χ0) is 24.7. The van der Waals surface area contributed by atoms with E-state index in [9.17, 15) is 9.59 Å². The number of thiophene rings is 1. The molecule has 0 fully saturated rings. The number of anilines is 1. The fraction of sp³-hybridized carbons (Fsp3) is 0.357. The second-order valence-electron chi connectivity index (χ2n) is 9.21. The largest absolute Gasteiger partial charge is 0.494 e. The molecule has 0 saturated heterocycles. The van der Waals surface area contributed by atoms with E-state index >= 15 is 0 Å². The number of aryl methyl sites for hydroxylation is 1. The summed E-state index contributed by atoms with van der Waals surface area (Å²) in [5.74, 6) is 0.199. The molecule has 0 unspecified atom stereocenters. The standard InChI is InChI=1S/C28H33NO4S/c1-6-32-27(31)25-23(20-11-9-19(2)10-12-20)18-34-26(25)29-24(30)8-7-17-33-22-15-13-21(14-16-22)28(3,4)5/h9-16,18H,6-8,17H2,1-5H3,(H,29,30). The molecule has 34 heavy (non-hydrogen) atoms. The van der Waals surface area contributed by atoms with Crippen LogP contribution < -0.4 is 10.1 Å². The Hall–Kier alpha value is -3.12. The highest BCUT2D eigenvalue weighted by Crippen LogP contribution is 2.36. The summed E-state index contributed by atoms with van der Waals surface area (Å²) >= 11 is 1.33. The Labute approximate surface area is 206 Å². The smallest absolute Gasteiger partial charge is 0.341 e. The molecule has 5 nitrogen and oxygen atoms in total. The number of hydrogen-bond acceptors (Lipinski definition) is 5. The van der Waals surface area contributed by atoms with Gasteiger partial charge in [-0.1, -0.05) is 62.7 Å². The first-order valence-corrected chi connectivity index (χ1v) is 12.5. The van der Waals surface area contributed by atoms with E-state index < -0.39 is 5.97 Å². The first-order chi connectivity index (χ1) is 16.2. The summed E-state index contributed by atoms with van der Waals surface area (Å²) in [5.41, 5.74) is 4.56. The fourth-order valence-electron chi connectivity index (χ4n) is 3.46. The second kappa shape index (κ2) is 11.3. The van der Waals surface area contributed by atoms with Gasteiger partial charge in [0.2, 0.25) is 5.91 Å². The highest BCUT2D eigenvalue weighted by Gasteiger charge is 2.22. The van der Waals surface area contributed by atoms with Crippen molar-refractivity contribution in [3.05, 3.63) is 70.6 Å². The van der Waals surface area contributed by atoms with Crippen molar-refractivity contribution in [1.29, 1.82) is 0 Å². The average Bonchev–Trinajstić information content (AvgIpc) is 3.20. The van der Waals surface area contributed by atoms with Crippen molar-refractivity contribution >= 4 is 28.2 Å². The van der Waals surface area contributed by atoms with Crippen LogP contribution >= 0.6 is 11.3 Å². The maximum Gasteiger partial charge on any atom is 0.341 e. The molecule has 0 atom stereocenters. The highest BCUT2D eigenvalue weighted by atomic mass is 32.1. The molecule has 0 saturated carbocycles. The van der Waals surface area contributed by atoms with Gasteiger partial charge in [-0.05, 0) is 48.9 Å². The molecule has 0 aliphatic heterocycles. The van der Waals surface area contributed by atoms with E-state index in [0.717, 1.165) is 22.4 Å². The first-order valence-electron chi connectivity index (χ1n) is 11.6. The summed E-state index contributed by atoms with van der Waals surface area (Å²) in [6, 6.07) is 16.0. The molecule has 0 aliphatic rings. The van der Waals surface area contributed by atoms with E-state index in [0.29, 0.717) is 30.0 Å². The molecule has 1 amide bonds. The van der Waals surface area contributed by atoms with E-state index in [2.05, 4.69) is 38.2 Å². The van der Waals surface area contributed by atoms with Gasteiger partial charge in [0.15, 0.2) is 0 Å². The van der Waals surface area contributed by atoms with Gasteiger partial charge in [0, 0.05) is 17.4 Å². The summed E-state index contributed by atoms with van der Waals surface area (Å²) in [6.07, 6.45) is 0.859. The average molecular weight is 480 g/mol. The summed E-state index contributed by atoms with van der Waals surface area (Å²) < 4.78 is 11.1. The first kappa shape index (κ1) is 25.5. The number of nitrogens with one attached hydrogen (secondary N) is 1. The van der Waals surface area contributed by atoms with Crippen LogP contribution in [0, 0.1) is 6.92 Å². The number of rotatable bonds is 9. The minimum absolute atomic E-state index is 0.0974. The molecule has 0 spiro atoms. The van der Waals surface area contributed by atoms with Gasteiger partial charge in [0.05, 0.1) is 13.2 Å². The Bertz CT molecular complexity index is 1110. The maximum absolute atomic E-state index is 12.7. The lowest BCUT2D eigenvalue weighted by molar-refractivity contribution is -0.116. The van der Waals surface area contributed by atoms with Gasteiger partial charge >= 0.3 is 5.97 Å². The summed E-state index contributed by atoms with van der Waals surface area (Å²) in [7, 11) is 0. The SMILES string of the molecule is CCOC(=O)c1c(-c2ccc(C)cc2)csc1NC(=O)CCCOc1ccc(C(C)(C)C)cc1. The monoisotopic (exact) mass is 479 g/mol. The number of benzene rings is 2. The van der Waals surface area contributed by atoms with Gasteiger partial charge in [-0.15, -0.1) is 11.3 Å². The normalized spacial score (nSPS) is 11.2. The van der Waals surface area contributed by atoms with Crippen molar-refractivity contribution in [2.75, 3.05) is 18.5 Å². The molecule has 3 rings (SSSR count). The third-order valence-corrected chi connectivity index (χ3v) is 6.32. The molecule has 1 N–H and O–H groups in total. The Balaban J connectivity index is 1.59. The van der Waals surface area contributed by atoms with Crippen molar-refractivity contribution in [2.24, 2.45) is 0 Å². The third-order valence-electron chi connectivity index (χ3n) is 5.42. The number of carbonyl (C=O) groups is 2. The molecule has 1 aromatic heterocycles. The van der Waals surface area contributed by atoms with Crippen LogP contribution in [-0.2, 0) is 14.9 Å². The van der Waals surface area contributed by atoms with Crippen LogP contribution in [0.25, 0.3) is 11.1 Å². The van der Waals surface area contributed by atoms with Gasteiger partial charge < -0.3 is 14.8 Å². The lowest BCUT2D eigenvalue weighted by Gasteiger charge is -2.19. The quantitative estimate of drug-likeness (QED) is 0.265. The zero-order valence-electron chi connectivity index (χ0n) is 20.6. The lowest BCUT2D eigenvalue weighted by Crippen LogP contribution is -2.15. The topological polar surface area (TPSA) is 64.6 Å². The zero-order valence-corrected chi connectivity index (χ0v) is 21.4. The van der Waals surface area contributed by atoms with Gasteiger partial charge in [-0.2, -0.15) is 0 Å². The molecule has 1 heterocycles. The summed E-state index contributed by atoms with van der Waals surface area (Å²) in [6.45, 7) is 11.0. The van der Waals surface area contributed by atoms with Crippen LogP contribution in [0.3, 0.4) is 0 Å². The molecule has 0 aliphatic carbocycles. The number of esters is 1. The maximum atomic E-state index is 12.7. The molecular weight excluding hydrogens is 446 g/mol. The summed E-state index contributed by atoms with van der Waals surface area (Å²) in [5, 5.41) is 5.29. The van der Waals surface area contributed by atoms with E-state index in [-0.39, 0.29) is 17.9 Å². The van der Waals surface area contributed by atoms with E-state index in [1.54, 1.807) is 6.92 Å². The Kier molecular flexibility index (Phi) is 8.51. The van der Waals surface area contributed by atoms with Crippen molar-refractivity contribution < 1.29 is 19.1 Å². The van der Waals surface area contributed by atoms with Crippen molar-refractivity contribution in [2.45, 2.75) is 52.9 Å². The van der Waals surface area contributed by atoms with Gasteiger partial charge in [-0.25, -0.2) is 4.79 Å². The van der Waals surface area contributed by atoms with Crippen molar-refractivity contribution in [1.82, 2.24) is 0 Å². The molecular formula is C28H33NO4S. The van der Waals surface area contributed by atoms with E-state index in [1.807, 2.05) is 48.7 Å². The molecule has 2 aromatic carbocycles. The molecule has 6 heteroatoms. The minimum Gasteiger partial charge on any atom is -0.494 e. The van der Waals surface area contributed by atoms with E-state index in [1.165, 1.54) is 16.9 Å². The molecule has 3 aromatic rings. The van der Waals surface area contributed by atoms with Gasteiger partial charge in [0.25, 0.3) is 0 Å². The number of ether oxygens (including phenoxy) is 2. The second-order valence-corrected chi connectivity index (χ2v) is 10.1. The number of amides is 1. The predicted octanol–water partition coefficient (Wildman–Crippen LogP) is 7.00. The Morgan fingerprint density at radius 2 is 1.68 bits per heavy atom. The lowest BCUT2D eigenvalue weighted by atomic mass is 9.87.